The molecule has 0 atom stereocenters. The van der Waals surface area contributed by atoms with E-state index in [4.69, 9.17) is 10.5 Å². The predicted octanol–water partition coefficient (Wildman–Crippen LogP) is 3.84. The molecule has 2 aromatic rings. The molecule has 24 heavy (non-hydrogen) atoms. The summed E-state index contributed by atoms with van der Waals surface area (Å²) >= 11 is 0. The van der Waals surface area contributed by atoms with Crippen molar-refractivity contribution < 1.29 is 9.53 Å². The molecule has 0 aromatic heterocycles. The highest BCUT2D eigenvalue weighted by molar-refractivity contribution is 5.94. The highest BCUT2D eigenvalue weighted by Crippen LogP contribution is 2.13. The van der Waals surface area contributed by atoms with Gasteiger partial charge in [0.2, 0.25) is 0 Å². The zero-order chi connectivity index (χ0) is 16.5. The molecule has 3 N–H and O–H groups in total. The maximum absolute atomic E-state index is 12.0. The summed E-state index contributed by atoms with van der Waals surface area (Å²) in [5.74, 6) is 0.817. The van der Waals surface area contributed by atoms with Crippen LogP contribution < -0.4 is 15.8 Å². The fraction of sp³-hybridized carbons (Fsp3) is 0.316. The molecule has 0 heterocycles. The van der Waals surface area contributed by atoms with Crippen molar-refractivity contribution in [1.29, 1.82) is 0 Å². The highest BCUT2D eigenvalue weighted by Gasteiger charge is 2.04. The molecule has 130 valence electrons. The van der Waals surface area contributed by atoms with E-state index >= 15 is 0 Å². The summed E-state index contributed by atoms with van der Waals surface area (Å²) in [6.45, 7) is 3.50. The maximum Gasteiger partial charge on any atom is 0.251 e. The molecule has 4 nitrogen and oxygen atoms in total. The summed E-state index contributed by atoms with van der Waals surface area (Å²) in [5, 5.41) is 2.91. The second-order valence-corrected chi connectivity index (χ2v) is 5.47. The van der Waals surface area contributed by atoms with E-state index < -0.39 is 0 Å². The van der Waals surface area contributed by atoms with Gasteiger partial charge in [-0.1, -0.05) is 25.5 Å². The quantitative estimate of drug-likeness (QED) is 0.562. The standard InChI is InChI=1S/C19H24N2O2.ClH/c1-2-3-14-23-18-10-4-15(5-11-18)12-13-21-19(22)16-6-8-17(20)9-7-16;/h4-11H,2-3,12-14,20H2,1H3,(H,21,22);1H. The lowest BCUT2D eigenvalue weighted by Gasteiger charge is -2.08. The van der Waals surface area contributed by atoms with Gasteiger partial charge in [-0.05, 0) is 54.8 Å². The number of hydrogen-bond acceptors (Lipinski definition) is 3. The molecule has 2 rings (SSSR count). The van der Waals surface area contributed by atoms with Crippen LogP contribution in [0.2, 0.25) is 0 Å². The van der Waals surface area contributed by atoms with Gasteiger partial charge in [0.15, 0.2) is 0 Å². The van der Waals surface area contributed by atoms with Crippen molar-refractivity contribution in [3.05, 3.63) is 59.7 Å². The second-order valence-electron chi connectivity index (χ2n) is 5.47. The number of rotatable bonds is 8. The number of hydrogen-bond donors (Lipinski definition) is 2. The summed E-state index contributed by atoms with van der Waals surface area (Å²) in [7, 11) is 0. The van der Waals surface area contributed by atoms with Crippen LogP contribution in [0.3, 0.4) is 0 Å². The first kappa shape index (κ1) is 19.8. The number of halogens is 1. The van der Waals surface area contributed by atoms with Crippen molar-refractivity contribution in [2.45, 2.75) is 26.2 Å². The van der Waals surface area contributed by atoms with Gasteiger partial charge in [0, 0.05) is 17.8 Å². The molecule has 0 aliphatic carbocycles. The van der Waals surface area contributed by atoms with Crippen LogP contribution in [-0.4, -0.2) is 19.1 Å². The van der Waals surface area contributed by atoms with Crippen molar-refractivity contribution in [2.75, 3.05) is 18.9 Å². The number of nitrogens with two attached hydrogens (primary N) is 1. The van der Waals surface area contributed by atoms with E-state index in [9.17, 15) is 4.79 Å². The minimum Gasteiger partial charge on any atom is -0.494 e. The van der Waals surface area contributed by atoms with Gasteiger partial charge in [-0.15, -0.1) is 12.4 Å². The molecule has 1 amide bonds. The molecule has 5 heteroatoms. The third-order valence-electron chi connectivity index (χ3n) is 3.56. The van der Waals surface area contributed by atoms with Gasteiger partial charge in [0.25, 0.3) is 5.91 Å². The molecule has 0 aliphatic heterocycles. The van der Waals surface area contributed by atoms with Gasteiger partial charge < -0.3 is 15.8 Å². The first-order chi connectivity index (χ1) is 11.2. The lowest BCUT2D eigenvalue weighted by atomic mass is 10.1. The van der Waals surface area contributed by atoms with E-state index in [1.807, 2.05) is 24.3 Å². The van der Waals surface area contributed by atoms with Gasteiger partial charge in [-0.3, -0.25) is 4.79 Å². The fourth-order valence-corrected chi connectivity index (χ4v) is 2.14. The van der Waals surface area contributed by atoms with Crippen molar-refractivity contribution in [2.24, 2.45) is 0 Å². The molecule has 2 aromatic carbocycles. The first-order valence-electron chi connectivity index (χ1n) is 8.04. The summed E-state index contributed by atoms with van der Waals surface area (Å²) < 4.78 is 5.63. The van der Waals surface area contributed by atoms with Gasteiger partial charge in [0.05, 0.1) is 6.61 Å². The van der Waals surface area contributed by atoms with Gasteiger partial charge in [0.1, 0.15) is 5.75 Å². The summed E-state index contributed by atoms with van der Waals surface area (Å²) in [4.78, 5) is 12.0. The molecular formula is C19H25ClN2O2. The molecule has 0 saturated carbocycles. The minimum atomic E-state index is -0.0791. The van der Waals surface area contributed by atoms with Crippen LogP contribution in [0.5, 0.6) is 5.75 Å². The van der Waals surface area contributed by atoms with E-state index in [2.05, 4.69) is 12.2 Å². The Kier molecular flexibility index (Phi) is 8.72. The van der Waals surface area contributed by atoms with Crippen LogP contribution in [0.15, 0.2) is 48.5 Å². The highest BCUT2D eigenvalue weighted by atomic mass is 35.5. The third-order valence-corrected chi connectivity index (χ3v) is 3.56. The Morgan fingerprint density at radius 1 is 1.08 bits per heavy atom. The molecule has 0 unspecified atom stereocenters. The summed E-state index contributed by atoms with van der Waals surface area (Å²) in [5.41, 5.74) is 8.06. The Balaban J connectivity index is 0.00000288. The normalized spacial score (nSPS) is 9.88. The van der Waals surface area contributed by atoms with Gasteiger partial charge >= 0.3 is 0 Å². The Morgan fingerprint density at radius 3 is 2.38 bits per heavy atom. The van der Waals surface area contributed by atoms with Gasteiger partial charge in [-0.25, -0.2) is 0 Å². The third kappa shape index (κ3) is 6.50. The number of benzene rings is 2. The Hall–Kier alpha value is -2.20. The second kappa shape index (κ2) is 10.6. The van der Waals surface area contributed by atoms with E-state index in [0.29, 0.717) is 17.8 Å². The van der Waals surface area contributed by atoms with Crippen molar-refractivity contribution in [3.8, 4) is 5.75 Å². The van der Waals surface area contributed by atoms with Crippen LogP contribution >= 0.6 is 12.4 Å². The van der Waals surface area contributed by atoms with Gasteiger partial charge in [-0.2, -0.15) is 0 Å². The van der Waals surface area contributed by atoms with E-state index in [-0.39, 0.29) is 18.3 Å². The number of ether oxygens (including phenoxy) is 1. The maximum atomic E-state index is 12.0. The Bertz CT molecular complexity index is 612. The zero-order valence-corrected chi connectivity index (χ0v) is 14.8. The number of carbonyl (C=O) groups excluding carboxylic acids is 1. The van der Waals surface area contributed by atoms with Crippen LogP contribution in [0.4, 0.5) is 5.69 Å². The number of unbranched alkanes of at least 4 members (excludes halogenated alkanes) is 1. The largest absolute Gasteiger partial charge is 0.494 e. The monoisotopic (exact) mass is 348 g/mol. The lowest BCUT2D eigenvalue weighted by molar-refractivity contribution is 0.0954. The van der Waals surface area contributed by atoms with Crippen LogP contribution in [0.1, 0.15) is 35.7 Å². The number of nitrogens with one attached hydrogen (secondary N) is 1. The average Bonchev–Trinajstić information content (AvgIpc) is 2.57. The van der Waals surface area contributed by atoms with Crippen LogP contribution in [0, 0.1) is 0 Å². The topological polar surface area (TPSA) is 64.3 Å². The number of carbonyl (C=O) groups is 1. The first-order valence-corrected chi connectivity index (χ1v) is 8.04. The molecule has 0 spiro atoms. The summed E-state index contributed by atoms with van der Waals surface area (Å²) in [6, 6.07) is 14.9. The van der Waals surface area contributed by atoms with Crippen LogP contribution in [-0.2, 0) is 6.42 Å². The van der Waals surface area contributed by atoms with E-state index in [1.165, 1.54) is 5.56 Å². The minimum absolute atomic E-state index is 0. The van der Waals surface area contributed by atoms with E-state index in [0.717, 1.165) is 31.6 Å². The van der Waals surface area contributed by atoms with Crippen molar-refractivity contribution >= 4 is 24.0 Å². The molecule has 0 saturated heterocycles. The van der Waals surface area contributed by atoms with Crippen molar-refractivity contribution in [3.63, 3.8) is 0 Å². The SMILES string of the molecule is CCCCOc1ccc(CCNC(=O)c2ccc(N)cc2)cc1.Cl. The van der Waals surface area contributed by atoms with Crippen molar-refractivity contribution in [1.82, 2.24) is 5.32 Å². The zero-order valence-electron chi connectivity index (χ0n) is 14.0. The number of nitrogen functional groups attached to an aromatic ring is 1. The molecule has 0 bridgehead atoms. The Morgan fingerprint density at radius 2 is 1.75 bits per heavy atom. The summed E-state index contributed by atoms with van der Waals surface area (Å²) in [6.07, 6.45) is 2.99. The van der Waals surface area contributed by atoms with Crippen LogP contribution in [0.25, 0.3) is 0 Å². The predicted molar refractivity (Wildman–Crippen MR) is 101 cm³/mol. The molecule has 0 aliphatic rings. The fourth-order valence-electron chi connectivity index (χ4n) is 2.14. The van der Waals surface area contributed by atoms with E-state index in [1.54, 1.807) is 24.3 Å². The lowest BCUT2D eigenvalue weighted by Crippen LogP contribution is -2.25. The smallest absolute Gasteiger partial charge is 0.251 e. The average molecular weight is 349 g/mol. The Labute approximate surface area is 149 Å². The molecule has 0 radical (unpaired) electrons. The molecular weight excluding hydrogens is 324 g/mol. The number of anilines is 1. The molecule has 0 fully saturated rings. The number of amides is 1.